The molecule has 0 radical (unpaired) electrons. The van der Waals surface area contributed by atoms with E-state index in [1.165, 1.54) is 12.1 Å². The number of nitrogens with zero attached hydrogens (tertiary/aromatic N) is 2. The molecule has 0 aliphatic carbocycles. The van der Waals surface area contributed by atoms with Crippen LogP contribution in [0.25, 0.3) is 10.9 Å². The number of carbonyl (C=O) groups excluding carboxylic acids is 1. The van der Waals surface area contributed by atoms with Crippen LogP contribution in [0.5, 0.6) is 0 Å². The second-order valence-corrected chi connectivity index (χ2v) is 7.36. The molecule has 1 saturated heterocycles. The third kappa shape index (κ3) is 4.23. The van der Waals surface area contributed by atoms with Crippen LogP contribution in [0.15, 0.2) is 59.4 Å². The molecular formula is C22H20F3N3O2. The Morgan fingerprint density at radius 1 is 0.967 bits per heavy atom. The van der Waals surface area contributed by atoms with E-state index in [1.54, 1.807) is 17.0 Å². The van der Waals surface area contributed by atoms with Crippen LogP contribution in [0, 0.1) is 0 Å². The van der Waals surface area contributed by atoms with Crippen molar-refractivity contribution in [1.29, 1.82) is 0 Å². The van der Waals surface area contributed by atoms with Gasteiger partial charge in [-0.25, -0.2) is 0 Å². The first-order valence-electron chi connectivity index (χ1n) is 9.61. The lowest BCUT2D eigenvalue weighted by Crippen LogP contribution is -2.49. The average Bonchev–Trinajstić information content (AvgIpc) is 2.73. The van der Waals surface area contributed by atoms with Crippen molar-refractivity contribution < 1.29 is 18.0 Å². The Morgan fingerprint density at radius 2 is 1.63 bits per heavy atom. The second-order valence-electron chi connectivity index (χ2n) is 7.36. The summed E-state index contributed by atoms with van der Waals surface area (Å²) in [6.07, 6.45) is -4.34. The highest BCUT2D eigenvalue weighted by molar-refractivity contribution is 5.97. The first kappa shape index (κ1) is 20.2. The van der Waals surface area contributed by atoms with E-state index in [9.17, 15) is 22.8 Å². The highest BCUT2D eigenvalue weighted by Gasteiger charge is 2.30. The number of alkyl halides is 3. The summed E-state index contributed by atoms with van der Waals surface area (Å²) in [4.78, 5) is 31.6. The number of amides is 1. The Hall–Kier alpha value is -3.13. The zero-order chi connectivity index (χ0) is 21.3. The summed E-state index contributed by atoms with van der Waals surface area (Å²) < 4.78 is 38.0. The van der Waals surface area contributed by atoms with Gasteiger partial charge in [0.25, 0.3) is 11.5 Å². The Labute approximate surface area is 170 Å². The van der Waals surface area contributed by atoms with Gasteiger partial charge in [0.05, 0.1) is 5.56 Å². The summed E-state index contributed by atoms with van der Waals surface area (Å²) in [5, 5.41) is 0.793. The fourth-order valence-electron chi connectivity index (χ4n) is 3.64. The number of aromatic amines is 1. The van der Waals surface area contributed by atoms with Crippen molar-refractivity contribution >= 4 is 16.8 Å². The van der Waals surface area contributed by atoms with Crippen molar-refractivity contribution in [2.24, 2.45) is 0 Å². The number of rotatable bonds is 3. The van der Waals surface area contributed by atoms with Crippen LogP contribution >= 0.6 is 0 Å². The molecule has 2 aromatic carbocycles. The quantitative estimate of drug-likeness (QED) is 0.713. The molecule has 5 nitrogen and oxygen atoms in total. The van der Waals surface area contributed by atoms with Gasteiger partial charge in [0.1, 0.15) is 5.56 Å². The molecule has 156 valence electrons. The van der Waals surface area contributed by atoms with Gasteiger partial charge in [-0.1, -0.05) is 30.3 Å². The molecule has 8 heteroatoms. The highest BCUT2D eigenvalue weighted by atomic mass is 19.4. The van der Waals surface area contributed by atoms with Crippen LogP contribution in [0.1, 0.15) is 21.5 Å². The summed E-state index contributed by atoms with van der Waals surface area (Å²) >= 11 is 0. The number of nitrogens with one attached hydrogen (secondary N) is 1. The van der Waals surface area contributed by atoms with Crippen LogP contribution in [-0.2, 0) is 12.7 Å². The van der Waals surface area contributed by atoms with Gasteiger partial charge in [-0.2, -0.15) is 13.2 Å². The predicted molar refractivity (Wildman–Crippen MR) is 107 cm³/mol. The van der Waals surface area contributed by atoms with Crippen LogP contribution in [0.4, 0.5) is 13.2 Å². The SMILES string of the molecule is O=C(c1cc2ccccc2[nH]c1=O)N1CCN(Cc2ccc(C(F)(F)F)cc2)CC1. The molecule has 1 aromatic heterocycles. The van der Waals surface area contributed by atoms with Gasteiger partial charge < -0.3 is 9.88 Å². The van der Waals surface area contributed by atoms with Crippen molar-refractivity contribution in [2.75, 3.05) is 26.2 Å². The molecule has 2 heterocycles. The molecule has 1 aliphatic heterocycles. The standard InChI is InChI=1S/C22H20F3N3O2/c23-22(24,25)17-7-5-15(6-8-17)14-27-9-11-28(12-10-27)21(30)18-13-16-3-1-2-4-19(16)26-20(18)29/h1-8,13H,9-12,14H2,(H,26,29). The Kier molecular flexibility index (Phi) is 5.34. The first-order valence-corrected chi connectivity index (χ1v) is 9.61. The lowest BCUT2D eigenvalue weighted by Gasteiger charge is -2.34. The topological polar surface area (TPSA) is 56.4 Å². The third-order valence-corrected chi connectivity index (χ3v) is 5.33. The predicted octanol–water partition coefficient (Wildman–Crippen LogP) is 3.50. The summed E-state index contributed by atoms with van der Waals surface area (Å²) in [6.45, 7) is 2.57. The number of hydrogen-bond donors (Lipinski definition) is 1. The number of H-pyrrole nitrogens is 1. The number of halogens is 3. The third-order valence-electron chi connectivity index (χ3n) is 5.33. The molecule has 1 fully saturated rings. The molecule has 1 N–H and O–H groups in total. The van der Waals surface area contributed by atoms with Crippen LogP contribution in [0.2, 0.25) is 0 Å². The molecule has 0 bridgehead atoms. The number of fused-ring (bicyclic) bond motifs is 1. The minimum Gasteiger partial charge on any atom is -0.336 e. The molecule has 4 rings (SSSR count). The lowest BCUT2D eigenvalue weighted by molar-refractivity contribution is -0.137. The van der Waals surface area contributed by atoms with Gasteiger partial charge in [0.15, 0.2) is 0 Å². The highest BCUT2D eigenvalue weighted by Crippen LogP contribution is 2.29. The number of benzene rings is 2. The van der Waals surface area contributed by atoms with Gasteiger partial charge >= 0.3 is 6.18 Å². The Balaban J connectivity index is 1.39. The summed E-state index contributed by atoms with van der Waals surface area (Å²) in [6, 6.07) is 14.0. The van der Waals surface area contributed by atoms with Crippen LogP contribution in [-0.4, -0.2) is 46.9 Å². The minimum absolute atomic E-state index is 0.116. The normalized spacial score (nSPS) is 15.5. The molecule has 1 amide bonds. The summed E-state index contributed by atoms with van der Waals surface area (Å²) in [5.74, 6) is -0.309. The fourth-order valence-corrected chi connectivity index (χ4v) is 3.64. The first-order chi connectivity index (χ1) is 14.3. The van der Waals surface area contributed by atoms with E-state index in [0.29, 0.717) is 38.2 Å². The molecule has 0 atom stereocenters. The fraction of sp³-hybridized carbons (Fsp3) is 0.273. The molecule has 1 aliphatic rings. The second kappa shape index (κ2) is 7.95. The number of hydrogen-bond acceptors (Lipinski definition) is 3. The van der Waals surface area contributed by atoms with Gasteiger partial charge in [0, 0.05) is 38.2 Å². The van der Waals surface area contributed by atoms with Gasteiger partial charge in [0.2, 0.25) is 0 Å². The maximum atomic E-state index is 12.8. The monoisotopic (exact) mass is 415 g/mol. The molecule has 0 spiro atoms. The zero-order valence-corrected chi connectivity index (χ0v) is 16.1. The molecule has 0 unspecified atom stereocenters. The number of aromatic nitrogens is 1. The smallest absolute Gasteiger partial charge is 0.336 e. The number of para-hydroxylation sites is 1. The Morgan fingerprint density at radius 3 is 2.30 bits per heavy atom. The van der Waals surface area contributed by atoms with E-state index in [2.05, 4.69) is 9.88 Å². The Bertz CT molecular complexity index is 1110. The van der Waals surface area contributed by atoms with Gasteiger partial charge in [-0.15, -0.1) is 0 Å². The van der Waals surface area contributed by atoms with Crippen LogP contribution in [0.3, 0.4) is 0 Å². The van der Waals surface area contributed by atoms with E-state index in [-0.39, 0.29) is 11.5 Å². The largest absolute Gasteiger partial charge is 0.416 e. The maximum Gasteiger partial charge on any atom is 0.416 e. The summed E-state index contributed by atoms with van der Waals surface area (Å²) in [5.41, 5.74) is 0.507. The number of carbonyl (C=O) groups is 1. The van der Waals surface area contributed by atoms with E-state index in [1.807, 2.05) is 18.2 Å². The number of piperazine rings is 1. The lowest BCUT2D eigenvalue weighted by atomic mass is 10.1. The van der Waals surface area contributed by atoms with Crippen molar-refractivity contribution in [1.82, 2.24) is 14.8 Å². The summed E-state index contributed by atoms with van der Waals surface area (Å²) in [7, 11) is 0. The maximum absolute atomic E-state index is 12.8. The molecular weight excluding hydrogens is 395 g/mol. The van der Waals surface area contributed by atoms with E-state index >= 15 is 0 Å². The van der Waals surface area contributed by atoms with Crippen LogP contribution < -0.4 is 5.56 Å². The number of pyridine rings is 1. The van der Waals surface area contributed by atoms with E-state index in [4.69, 9.17) is 0 Å². The van der Waals surface area contributed by atoms with Crippen molar-refractivity contribution in [3.05, 3.63) is 81.6 Å². The van der Waals surface area contributed by atoms with Crippen molar-refractivity contribution in [3.63, 3.8) is 0 Å². The van der Waals surface area contributed by atoms with E-state index < -0.39 is 17.3 Å². The zero-order valence-electron chi connectivity index (χ0n) is 16.1. The van der Waals surface area contributed by atoms with Gasteiger partial charge in [-0.05, 0) is 35.2 Å². The van der Waals surface area contributed by atoms with Crippen molar-refractivity contribution in [3.8, 4) is 0 Å². The van der Waals surface area contributed by atoms with Crippen molar-refractivity contribution in [2.45, 2.75) is 12.7 Å². The van der Waals surface area contributed by atoms with Gasteiger partial charge in [-0.3, -0.25) is 14.5 Å². The molecule has 30 heavy (non-hydrogen) atoms. The molecule has 0 saturated carbocycles. The van der Waals surface area contributed by atoms with E-state index in [0.717, 1.165) is 23.1 Å². The molecule has 3 aromatic rings. The minimum atomic E-state index is -4.34. The average molecular weight is 415 g/mol.